The summed E-state index contributed by atoms with van der Waals surface area (Å²) in [6.45, 7) is 3.01. The smallest absolute Gasteiger partial charge is 0.403 e. The first-order valence-corrected chi connectivity index (χ1v) is 5.65. The molecular weight excluding hydrogens is 245 g/mol. The minimum atomic E-state index is -4.68. The molecule has 0 unspecified atom stereocenters. The molecular formula is C12H14F3N2O. The van der Waals surface area contributed by atoms with Crippen LogP contribution in [-0.4, -0.2) is 44.5 Å². The van der Waals surface area contributed by atoms with Gasteiger partial charge in [0.15, 0.2) is 5.75 Å². The Kier molecular flexibility index (Phi) is 3.65. The molecule has 0 N–H and O–H groups in total. The highest BCUT2D eigenvalue weighted by molar-refractivity contribution is 5.58. The van der Waals surface area contributed by atoms with Crippen molar-refractivity contribution in [3.63, 3.8) is 0 Å². The normalized spacial score (nSPS) is 17.9. The molecule has 0 aliphatic carbocycles. The molecule has 3 nitrogen and oxygen atoms in total. The largest absolute Gasteiger partial charge is 0.573 e. The molecule has 99 valence electrons. The first-order valence-electron chi connectivity index (χ1n) is 5.65. The van der Waals surface area contributed by atoms with Gasteiger partial charge in [-0.1, -0.05) is 12.1 Å². The first-order chi connectivity index (χ1) is 8.46. The van der Waals surface area contributed by atoms with Gasteiger partial charge >= 0.3 is 6.36 Å². The zero-order chi connectivity index (χ0) is 13.2. The topological polar surface area (TPSA) is 15.7 Å². The molecule has 1 aliphatic rings. The highest BCUT2D eigenvalue weighted by Gasteiger charge is 2.33. The first kappa shape index (κ1) is 13.0. The van der Waals surface area contributed by atoms with Crippen LogP contribution in [0.25, 0.3) is 0 Å². The van der Waals surface area contributed by atoms with E-state index in [1.165, 1.54) is 6.07 Å². The predicted octanol–water partition coefficient (Wildman–Crippen LogP) is 2.14. The van der Waals surface area contributed by atoms with Crippen molar-refractivity contribution < 1.29 is 17.9 Å². The second kappa shape index (κ2) is 5.06. The van der Waals surface area contributed by atoms with E-state index < -0.39 is 6.36 Å². The number of anilines is 1. The van der Waals surface area contributed by atoms with Crippen LogP contribution < -0.4 is 9.64 Å². The third-order valence-corrected chi connectivity index (χ3v) is 2.86. The van der Waals surface area contributed by atoms with E-state index in [-0.39, 0.29) is 5.75 Å². The molecule has 0 bridgehead atoms. The van der Waals surface area contributed by atoms with Gasteiger partial charge in [0.2, 0.25) is 0 Å². The van der Waals surface area contributed by atoms with Crippen LogP contribution in [-0.2, 0) is 0 Å². The van der Waals surface area contributed by atoms with E-state index >= 15 is 0 Å². The molecule has 0 aromatic heterocycles. The van der Waals surface area contributed by atoms with Crippen LogP contribution in [0.2, 0.25) is 0 Å². The summed E-state index contributed by atoms with van der Waals surface area (Å²) in [5.41, 5.74) is 0.447. The van der Waals surface area contributed by atoms with Crippen molar-refractivity contribution in [2.24, 2.45) is 0 Å². The lowest BCUT2D eigenvalue weighted by molar-refractivity contribution is -0.274. The Balaban J connectivity index is 2.17. The van der Waals surface area contributed by atoms with Gasteiger partial charge in [0.05, 0.1) is 5.69 Å². The van der Waals surface area contributed by atoms with E-state index in [0.29, 0.717) is 18.8 Å². The van der Waals surface area contributed by atoms with Crippen molar-refractivity contribution >= 4 is 5.69 Å². The van der Waals surface area contributed by atoms with Gasteiger partial charge in [-0.2, -0.15) is 0 Å². The molecule has 6 heteroatoms. The quantitative estimate of drug-likeness (QED) is 0.809. The van der Waals surface area contributed by atoms with E-state index in [9.17, 15) is 13.2 Å². The summed E-state index contributed by atoms with van der Waals surface area (Å²) < 4.78 is 40.8. The third kappa shape index (κ3) is 3.29. The van der Waals surface area contributed by atoms with E-state index in [0.717, 1.165) is 13.1 Å². The molecule has 1 aromatic rings. The minimum absolute atomic E-state index is 0.255. The average molecular weight is 259 g/mol. The predicted molar refractivity (Wildman–Crippen MR) is 61.7 cm³/mol. The molecule has 1 radical (unpaired) electrons. The van der Waals surface area contributed by atoms with E-state index in [2.05, 4.69) is 15.7 Å². The molecule has 0 saturated carbocycles. The molecule has 0 amide bonds. The zero-order valence-electron chi connectivity index (χ0n) is 10.00. The molecule has 0 spiro atoms. The number of hydrogen-bond acceptors (Lipinski definition) is 3. The maximum Gasteiger partial charge on any atom is 0.573 e. The number of rotatable bonds is 2. The van der Waals surface area contributed by atoms with Gasteiger partial charge in [-0.05, 0) is 13.1 Å². The number of halogens is 3. The second-order valence-corrected chi connectivity index (χ2v) is 4.22. The maximum atomic E-state index is 12.3. The van der Waals surface area contributed by atoms with Crippen molar-refractivity contribution in [1.82, 2.24) is 4.90 Å². The van der Waals surface area contributed by atoms with Crippen LogP contribution in [0.3, 0.4) is 0 Å². The van der Waals surface area contributed by atoms with E-state index in [4.69, 9.17) is 0 Å². The fraction of sp³-hybridized carbons (Fsp3) is 0.500. The molecule has 1 fully saturated rings. The molecule has 1 heterocycles. The van der Waals surface area contributed by atoms with Gasteiger partial charge < -0.3 is 14.5 Å². The van der Waals surface area contributed by atoms with Crippen LogP contribution >= 0.6 is 0 Å². The van der Waals surface area contributed by atoms with Crippen LogP contribution in [0.4, 0.5) is 18.9 Å². The van der Waals surface area contributed by atoms with Crippen molar-refractivity contribution in [2.45, 2.75) is 6.36 Å². The van der Waals surface area contributed by atoms with Crippen molar-refractivity contribution in [1.29, 1.82) is 0 Å². The number of benzene rings is 1. The van der Waals surface area contributed by atoms with E-state index in [1.807, 2.05) is 11.9 Å². The fourth-order valence-electron chi connectivity index (χ4n) is 1.91. The maximum absolute atomic E-state index is 12.3. The molecule has 1 aliphatic heterocycles. The van der Waals surface area contributed by atoms with Gasteiger partial charge in [0, 0.05) is 32.2 Å². The molecule has 1 saturated heterocycles. The third-order valence-electron chi connectivity index (χ3n) is 2.86. The summed E-state index contributed by atoms with van der Waals surface area (Å²) >= 11 is 0. The Bertz CT molecular complexity index is 401. The Hall–Kier alpha value is -1.43. The van der Waals surface area contributed by atoms with Gasteiger partial charge in [0.1, 0.15) is 0 Å². The van der Waals surface area contributed by atoms with Crippen molar-refractivity contribution in [3.05, 3.63) is 24.3 Å². The molecule has 1 aromatic carbocycles. The lowest BCUT2D eigenvalue weighted by atomic mass is 10.2. The summed E-state index contributed by atoms with van der Waals surface area (Å²) in [6, 6.07) is 7.21. The second-order valence-electron chi connectivity index (χ2n) is 4.22. The van der Waals surface area contributed by atoms with Gasteiger partial charge in [-0.3, -0.25) is 0 Å². The Morgan fingerprint density at radius 1 is 1.22 bits per heavy atom. The van der Waals surface area contributed by atoms with Gasteiger partial charge in [-0.25, -0.2) is 0 Å². The summed E-state index contributed by atoms with van der Waals surface area (Å²) in [5, 5.41) is 0. The molecule has 18 heavy (non-hydrogen) atoms. The van der Waals surface area contributed by atoms with Gasteiger partial charge in [-0.15, -0.1) is 13.2 Å². The molecule has 2 rings (SSSR count). The zero-order valence-corrected chi connectivity index (χ0v) is 10.00. The lowest BCUT2D eigenvalue weighted by Gasteiger charge is -2.34. The number of alkyl halides is 3. The average Bonchev–Trinajstić information content (AvgIpc) is 2.29. The van der Waals surface area contributed by atoms with E-state index in [1.54, 1.807) is 12.1 Å². The van der Waals surface area contributed by atoms with Crippen LogP contribution in [0.15, 0.2) is 18.2 Å². The van der Waals surface area contributed by atoms with Crippen molar-refractivity contribution in [3.8, 4) is 5.75 Å². The number of hydrogen-bond donors (Lipinski definition) is 0. The SMILES string of the molecule is CN1CCN(c2ccc[c]c2OC(F)(F)F)CC1. The lowest BCUT2D eigenvalue weighted by Crippen LogP contribution is -2.44. The van der Waals surface area contributed by atoms with Crippen LogP contribution in [0.5, 0.6) is 5.75 Å². The Labute approximate surface area is 104 Å². The summed E-state index contributed by atoms with van der Waals surface area (Å²) in [4.78, 5) is 4.02. The highest BCUT2D eigenvalue weighted by Crippen LogP contribution is 2.32. The Morgan fingerprint density at radius 3 is 2.50 bits per heavy atom. The summed E-state index contributed by atoms with van der Waals surface area (Å²) in [6.07, 6.45) is -4.68. The fourth-order valence-corrected chi connectivity index (χ4v) is 1.91. The number of piperazine rings is 1. The summed E-state index contributed by atoms with van der Waals surface area (Å²) in [7, 11) is 1.99. The number of ether oxygens (including phenoxy) is 1. The highest BCUT2D eigenvalue weighted by atomic mass is 19.4. The minimum Gasteiger partial charge on any atom is -0.403 e. The van der Waals surface area contributed by atoms with Crippen LogP contribution in [0, 0.1) is 6.07 Å². The number of para-hydroxylation sites is 1. The van der Waals surface area contributed by atoms with Crippen molar-refractivity contribution in [2.75, 3.05) is 38.1 Å². The monoisotopic (exact) mass is 259 g/mol. The standard InChI is InChI=1S/C12H14F3N2O/c1-16-6-8-17(9-7-16)10-4-2-3-5-11(10)18-12(13,14)15/h2-4H,6-9H2,1H3. The molecule has 0 atom stereocenters. The van der Waals surface area contributed by atoms with Crippen LogP contribution in [0.1, 0.15) is 0 Å². The summed E-state index contributed by atoms with van der Waals surface area (Å²) in [5.74, 6) is -0.255. The number of likely N-dealkylation sites (N-methyl/N-ethyl adjacent to an activating group) is 1. The van der Waals surface area contributed by atoms with Gasteiger partial charge in [0.25, 0.3) is 0 Å². The number of nitrogens with zero attached hydrogens (tertiary/aromatic N) is 2. The Morgan fingerprint density at radius 2 is 1.89 bits per heavy atom.